The summed E-state index contributed by atoms with van der Waals surface area (Å²) in [5, 5.41) is 19.6. The fourth-order valence-corrected chi connectivity index (χ4v) is 2.53. The van der Waals surface area contributed by atoms with Crippen LogP contribution in [0.5, 0.6) is 0 Å². The molecule has 0 aliphatic heterocycles. The lowest BCUT2D eigenvalue weighted by Crippen LogP contribution is -2.23. The van der Waals surface area contributed by atoms with Crippen LogP contribution in [0, 0.1) is 25.2 Å². The zero-order valence-electron chi connectivity index (χ0n) is 11.3. The smallest absolute Gasteiger partial charge is 0.169 e. The monoisotopic (exact) mass is 272 g/mol. The highest BCUT2D eigenvalue weighted by Gasteiger charge is 2.14. The quantitative estimate of drug-likeness (QED) is 0.858. The van der Waals surface area contributed by atoms with E-state index >= 15 is 0 Å². The third-order valence-electron chi connectivity index (χ3n) is 3.18. The van der Waals surface area contributed by atoms with Crippen LogP contribution in [0.3, 0.4) is 0 Å². The molecule has 0 N–H and O–H groups in total. The van der Waals surface area contributed by atoms with Crippen molar-refractivity contribution in [1.82, 2.24) is 10.2 Å². The van der Waals surface area contributed by atoms with Crippen molar-refractivity contribution in [3.63, 3.8) is 0 Å². The summed E-state index contributed by atoms with van der Waals surface area (Å²) in [6.07, 6.45) is 0.952. The second-order valence-corrected chi connectivity index (χ2v) is 5.50. The van der Waals surface area contributed by atoms with Crippen molar-refractivity contribution >= 4 is 17.2 Å². The fourth-order valence-electron chi connectivity index (χ4n) is 1.84. The van der Waals surface area contributed by atoms with Gasteiger partial charge in [-0.15, -0.1) is 16.4 Å². The van der Waals surface area contributed by atoms with Gasteiger partial charge in [0.2, 0.25) is 0 Å². The molecule has 2 aromatic heterocycles. The van der Waals surface area contributed by atoms with Gasteiger partial charge in [-0.2, -0.15) is 10.4 Å². The Kier molecular flexibility index (Phi) is 4.13. The standard InChI is InChI=1S/C14H16N4S/c1-10-11(2)16-17-14(13(10)9-15)18(3)7-6-12-5-4-8-19-12/h4-5,8H,6-7H2,1-3H3. The maximum Gasteiger partial charge on any atom is 0.169 e. The SMILES string of the molecule is Cc1nnc(N(C)CCc2cccs2)c(C#N)c1C. The number of aromatic nitrogens is 2. The molecule has 19 heavy (non-hydrogen) atoms. The van der Waals surface area contributed by atoms with Gasteiger partial charge in [0.25, 0.3) is 0 Å². The highest BCUT2D eigenvalue weighted by Crippen LogP contribution is 2.20. The van der Waals surface area contributed by atoms with Crippen molar-refractivity contribution in [2.75, 3.05) is 18.5 Å². The molecule has 0 bridgehead atoms. The van der Waals surface area contributed by atoms with Gasteiger partial charge in [-0.3, -0.25) is 0 Å². The summed E-state index contributed by atoms with van der Waals surface area (Å²) in [6, 6.07) is 6.41. The largest absolute Gasteiger partial charge is 0.357 e. The highest BCUT2D eigenvalue weighted by molar-refractivity contribution is 7.09. The van der Waals surface area contributed by atoms with Crippen molar-refractivity contribution in [3.8, 4) is 6.07 Å². The molecule has 0 spiro atoms. The lowest BCUT2D eigenvalue weighted by atomic mass is 10.1. The number of anilines is 1. The summed E-state index contributed by atoms with van der Waals surface area (Å²) >= 11 is 1.75. The summed E-state index contributed by atoms with van der Waals surface area (Å²) in [5.74, 6) is 0.669. The van der Waals surface area contributed by atoms with Crippen molar-refractivity contribution in [3.05, 3.63) is 39.2 Å². The molecular weight excluding hydrogens is 256 g/mol. The number of hydrogen-bond donors (Lipinski definition) is 0. The number of thiophene rings is 1. The van der Waals surface area contributed by atoms with Crippen LogP contribution in [-0.4, -0.2) is 23.8 Å². The summed E-state index contributed by atoms with van der Waals surface area (Å²) in [7, 11) is 1.95. The number of nitriles is 1. The van der Waals surface area contributed by atoms with Crippen LogP contribution in [0.25, 0.3) is 0 Å². The normalized spacial score (nSPS) is 10.2. The average Bonchev–Trinajstić information content (AvgIpc) is 2.92. The summed E-state index contributed by atoms with van der Waals surface area (Å²) in [5.41, 5.74) is 2.35. The minimum Gasteiger partial charge on any atom is -0.357 e. The van der Waals surface area contributed by atoms with Crippen LogP contribution < -0.4 is 4.90 Å². The number of aryl methyl sites for hydroxylation is 1. The van der Waals surface area contributed by atoms with Crippen LogP contribution in [-0.2, 0) is 6.42 Å². The molecule has 0 unspecified atom stereocenters. The minimum absolute atomic E-state index is 0.626. The molecule has 0 aromatic carbocycles. The Morgan fingerprint density at radius 2 is 2.16 bits per heavy atom. The first-order valence-electron chi connectivity index (χ1n) is 6.11. The molecule has 0 aliphatic carbocycles. The maximum atomic E-state index is 9.28. The third-order valence-corrected chi connectivity index (χ3v) is 4.12. The van der Waals surface area contributed by atoms with Gasteiger partial charge < -0.3 is 4.90 Å². The third kappa shape index (κ3) is 2.91. The Bertz CT molecular complexity index is 599. The molecular formula is C14H16N4S. The van der Waals surface area contributed by atoms with E-state index in [1.165, 1.54) is 4.88 Å². The van der Waals surface area contributed by atoms with Crippen molar-refractivity contribution in [2.24, 2.45) is 0 Å². The molecule has 0 saturated carbocycles. The van der Waals surface area contributed by atoms with Crippen LogP contribution in [0.2, 0.25) is 0 Å². The Hall–Kier alpha value is -1.93. The second kappa shape index (κ2) is 5.81. The van der Waals surface area contributed by atoms with E-state index in [4.69, 9.17) is 0 Å². The van der Waals surface area contributed by atoms with Gasteiger partial charge in [0.05, 0.1) is 5.69 Å². The van der Waals surface area contributed by atoms with E-state index in [1.807, 2.05) is 25.8 Å². The van der Waals surface area contributed by atoms with E-state index in [2.05, 4.69) is 33.8 Å². The van der Waals surface area contributed by atoms with Gasteiger partial charge >= 0.3 is 0 Å². The molecule has 0 amide bonds. The molecule has 0 fully saturated rings. The molecule has 0 atom stereocenters. The molecule has 2 aromatic rings. The van der Waals surface area contributed by atoms with Gasteiger partial charge in [0, 0.05) is 18.5 Å². The van der Waals surface area contributed by atoms with E-state index in [-0.39, 0.29) is 0 Å². The van der Waals surface area contributed by atoms with Crippen LogP contribution >= 0.6 is 11.3 Å². The average molecular weight is 272 g/mol. The number of hydrogen-bond acceptors (Lipinski definition) is 5. The van der Waals surface area contributed by atoms with Crippen LogP contribution in [0.4, 0.5) is 5.82 Å². The summed E-state index contributed by atoms with van der Waals surface area (Å²) < 4.78 is 0. The zero-order valence-corrected chi connectivity index (χ0v) is 12.2. The summed E-state index contributed by atoms with van der Waals surface area (Å²) in [4.78, 5) is 3.33. The molecule has 4 nitrogen and oxygen atoms in total. The first kappa shape index (κ1) is 13.5. The van der Waals surface area contributed by atoms with E-state index < -0.39 is 0 Å². The molecule has 0 saturated heterocycles. The highest BCUT2D eigenvalue weighted by atomic mass is 32.1. The van der Waals surface area contributed by atoms with Gasteiger partial charge in [-0.05, 0) is 37.3 Å². The molecule has 0 radical (unpaired) electrons. The van der Waals surface area contributed by atoms with Crippen LogP contribution in [0.1, 0.15) is 21.7 Å². The minimum atomic E-state index is 0.626. The van der Waals surface area contributed by atoms with Crippen molar-refractivity contribution in [1.29, 1.82) is 5.26 Å². The topological polar surface area (TPSA) is 52.8 Å². The predicted molar refractivity (Wildman–Crippen MR) is 77.5 cm³/mol. The first-order chi connectivity index (χ1) is 9.13. The Balaban J connectivity index is 2.17. The van der Waals surface area contributed by atoms with Gasteiger partial charge in [-0.1, -0.05) is 6.07 Å². The number of rotatable bonds is 4. The molecule has 0 aliphatic rings. The Morgan fingerprint density at radius 1 is 1.37 bits per heavy atom. The summed E-state index contributed by atoms with van der Waals surface area (Å²) in [6.45, 7) is 4.62. The number of nitrogens with zero attached hydrogens (tertiary/aromatic N) is 4. The lowest BCUT2D eigenvalue weighted by molar-refractivity contribution is 0.832. The molecule has 5 heteroatoms. The maximum absolute atomic E-state index is 9.28. The van der Waals surface area contributed by atoms with E-state index in [0.29, 0.717) is 11.4 Å². The van der Waals surface area contributed by atoms with E-state index in [9.17, 15) is 5.26 Å². The van der Waals surface area contributed by atoms with Crippen molar-refractivity contribution in [2.45, 2.75) is 20.3 Å². The molecule has 2 rings (SSSR count). The first-order valence-corrected chi connectivity index (χ1v) is 6.99. The zero-order chi connectivity index (χ0) is 13.8. The number of likely N-dealkylation sites (N-methyl/N-ethyl adjacent to an activating group) is 1. The Labute approximate surface area is 117 Å². The fraction of sp³-hybridized carbons (Fsp3) is 0.357. The van der Waals surface area contributed by atoms with Gasteiger partial charge in [-0.25, -0.2) is 0 Å². The second-order valence-electron chi connectivity index (χ2n) is 4.47. The van der Waals surface area contributed by atoms with E-state index in [0.717, 1.165) is 24.2 Å². The van der Waals surface area contributed by atoms with Gasteiger partial charge in [0.15, 0.2) is 5.82 Å². The Morgan fingerprint density at radius 3 is 2.79 bits per heavy atom. The molecule has 98 valence electrons. The van der Waals surface area contributed by atoms with Gasteiger partial charge in [0.1, 0.15) is 11.6 Å². The lowest BCUT2D eigenvalue weighted by Gasteiger charge is -2.19. The van der Waals surface area contributed by atoms with Crippen LogP contribution in [0.15, 0.2) is 17.5 Å². The van der Waals surface area contributed by atoms with Crippen molar-refractivity contribution < 1.29 is 0 Å². The predicted octanol–water partition coefficient (Wildman–Crippen LogP) is 2.71. The van der Waals surface area contributed by atoms with E-state index in [1.54, 1.807) is 11.3 Å². The molecule has 2 heterocycles.